The Morgan fingerprint density at radius 3 is 2.96 bits per heavy atom. The molecular weight excluding hydrogens is 304 g/mol. The van der Waals surface area contributed by atoms with Crippen LogP contribution in [0.1, 0.15) is 19.8 Å². The molecule has 1 aliphatic rings. The van der Waals surface area contributed by atoms with Gasteiger partial charge in [-0.25, -0.2) is 4.79 Å². The number of benzene rings is 1. The van der Waals surface area contributed by atoms with Crippen molar-refractivity contribution in [3.05, 3.63) is 30.3 Å². The number of aromatic nitrogens is 2. The highest BCUT2D eigenvalue weighted by Gasteiger charge is 2.25. The Balaban J connectivity index is 1.73. The van der Waals surface area contributed by atoms with Crippen molar-refractivity contribution < 1.29 is 9.53 Å². The highest BCUT2D eigenvalue weighted by molar-refractivity contribution is 5.89. The van der Waals surface area contributed by atoms with Crippen molar-refractivity contribution >= 4 is 11.8 Å². The maximum atomic E-state index is 12.4. The fourth-order valence-electron chi connectivity index (χ4n) is 3.05. The summed E-state index contributed by atoms with van der Waals surface area (Å²) in [5, 5.41) is 7.47. The van der Waals surface area contributed by atoms with Gasteiger partial charge in [-0.15, -0.1) is 0 Å². The summed E-state index contributed by atoms with van der Waals surface area (Å²) in [6.07, 6.45) is 2.21. The predicted molar refractivity (Wildman–Crippen MR) is 94.2 cm³/mol. The Bertz CT molecular complexity index is 726. The fourth-order valence-corrected chi connectivity index (χ4v) is 3.05. The lowest BCUT2D eigenvalue weighted by atomic mass is 10.1. The Morgan fingerprint density at radius 1 is 1.42 bits per heavy atom. The Labute approximate surface area is 142 Å². The van der Waals surface area contributed by atoms with Crippen LogP contribution in [0.5, 0.6) is 5.75 Å². The first-order valence-corrected chi connectivity index (χ1v) is 8.35. The number of ether oxygens (including phenoxy) is 1. The number of carbonyl (C=O) groups is 1. The monoisotopic (exact) mass is 328 g/mol. The van der Waals surface area contributed by atoms with Crippen LogP contribution in [0.15, 0.2) is 30.3 Å². The summed E-state index contributed by atoms with van der Waals surface area (Å²) in [6, 6.07) is 9.57. The lowest BCUT2D eigenvalue weighted by Gasteiger charge is -2.16. The summed E-state index contributed by atoms with van der Waals surface area (Å²) < 4.78 is 6.95. The number of hydrogen-bond donors (Lipinski definition) is 1. The minimum atomic E-state index is -0.0499. The van der Waals surface area contributed by atoms with Gasteiger partial charge in [-0.05, 0) is 24.5 Å². The van der Waals surface area contributed by atoms with E-state index < -0.39 is 0 Å². The zero-order valence-electron chi connectivity index (χ0n) is 14.5. The van der Waals surface area contributed by atoms with E-state index in [2.05, 4.69) is 17.3 Å². The van der Waals surface area contributed by atoms with Crippen LogP contribution in [-0.4, -0.2) is 40.9 Å². The number of hydrogen-bond acceptors (Lipinski definition) is 3. The number of nitrogens with one attached hydrogen (secondary N) is 1. The molecule has 0 spiro atoms. The van der Waals surface area contributed by atoms with Crippen molar-refractivity contribution in [2.75, 3.05) is 25.5 Å². The SMILES string of the molecule is CCC1CCN(C(=O)Nc2cc(-c3cccc(OC)c3)nn2C)C1. The number of anilines is 1. The van der Waals surface area contributed by atoms with Crippen LogP contribution in [0.3, 0.4) is 0 Å². The topological polar surface area (TPSA) is 59.4 Å². The zero-order valence-corrected chi connectivity index (χ0v) is 14.5. The molecule has 1 fully saturated rings. The van der Waals surface area contributed by atoms with Crippen LogP contribution in [0.2, 0.25) is 0 Å². The first-order chi connectivity index (χ1) is 11.6. The van der Waals surface area contributed by atoms with Crippen LogP contribution in [0.4, 0.5) is 10.6 Å². The van der Waals surface area contributed by atoms with E-state index in [-0.39, 0.29) is 6.03 Å². The molecule has 1 unspecified atom stereocenters. The van der Waals surface area contributed by atoms with Crippen LogP contribution >= 0.6 is 0 Å². The molecule has 0 bridgehead atoms. The molecule has 3 rings (SSSR count). The molecule has 128 valence electrons. The van der Waals surface area contributed by atoms with E-state index in [0.717, 1.165) is 42.9 Å². The molecule has 1 saturated heterocycles. The van der Waals surface area contributed by atoms with E-state index in [1.165, 1.54) is 0 Å². The van der Waals surface area contributed by atoms with E-state index in [1.54, 1.807) is 11.8 Å². The van der Waals surface area contributed by atoms with Crippen LogP contribution in [0.25, 0.3) is 11.3 Å². The number of likely N-dealkylation sites (tertiary alicyclic amines) is 1. The summed E-state index contributed by atoms with van der Waals surface area (Å²) in [7, 11) is 3.47. The van der Waals surface area contributed by atoms with Gasteiger partial charge < -0.3 is 9.64 Å². The van der Waals surface area contributed by atoms with Crippen LogP contribution in [-0.2, 0) is 7.05 Å². The third-order valence-electron chi connectivity index (χ3n) is 4.63. The van der Waals surface area contributed by atoms with Crippen LogP contribution in [0, 0.1) is 5.92 Å². The number of amides is 2. The minimum absolute atomic E-state index is 0.0499. The summed E-state index contributed by atoms with van der Waals surface area (Å²) >= 11 is 0. The van der Waals surface area contributed by atoms with Gasteiger partial charge in [-0.1, -0.05) is 25.5 Å². The summed E-state index contributed by atoms with van der Waals surface area (Å²) in [5.41, 5.74) is 1.76. The van der Waals surface area contributed by atoms with E-state index in [9.17, 15) is 4.79 Å². The molecule has 0 aliphatic carbocycles. The largest absolute Gasteiger partial charge is 0.497 e. The van der Waals surface area contributed by atoms with Gasteiger partial charge in [0, 0.05) is 31.8 Å². The highest BCUT2D eigenvalue weighted by Crippen LogP contribution is 2.25. The third kappa shape index (κ3) is 3.37. The van der Waals surface area contributed by atoms with Crippen molar-refractivity contribution in [3.8, 4) is 17.0 Å². The summed E-state index contributed by atoms with van der Waals surface area (Å²) in [4.78, 5) is 14.3. The Kier molecular flexibility index (Phi) is 4.74. The molecule has 2 heterocycles. The maximum Gasteiger partial charge on any atom is 0.323 e. The second-order valence-corrected chi connectivity index (χ2v) is 6.21. The molecule has 0 saturated carbocycles. The van der Waals surface area contributed by atoms with E-state index in [1.807, 2.05) is 42.3 Å². The molecule has 1 atom stereocenters. The lowest BCUT2D eigenvalue weighted by Crippen LogP contribution is -2.33. The molecule has 1 N–H and O–H groups in total. The number of carbonyl (C=O) groups excluding carboxylic acids is 1. The molecule has 6 nitrogen and oxygen atoms in total. The number of nitrogens with zero attached hydrogens (tertiary/aromatic N) is 3. The smallest absolute Gasteiger partial charge is 0.323 e. The van der Waals surface area contributed by atoms with Crippen molar-refractivity contribution in [1.82, 2.24) is 14.7 Å². The highest BCUT2D eigenvalue weighted by atomic mass is 16.5. The first kappa shape index (κ1) is 16.4. The zero-order chi connectivity index (χ0) is 17.1. The Morgan fingerprint density at radius 2 is 2.25 bits per heavy atom. The van der Waals surface area contributed by atoms with Crippen LogP contribution < -0.4 is 10.1 Å². The second kappa shape index (κ2) is 6.95. The van der Waals surface area contributed by atoms with Gasteiger partial charge in [0.1, 0.15) is 11.6 Å². The van der Waals surface area contributed by atoms with Gasteiger partial charge in [0.15, 0.2) is 0 Å². The Hall–Kier alpha value is -2.50. The van der Waals surface area contributed by atoms with E-state index in [0.29, 0.717) is 11.7 Å². The molecule has 6 heteroatoms. The summed E-state index contributed by atoms with van der Waals surface area (Å²) in [6.45, 7) is 3.83. The summed E-state index contributed by atoms with van der Waals surface area (Å²) in [5.74, 6) is 2.10. The lowest BCUT2D eigenvalue weighted by molar-refractivity contribution is 0.220. The average molecular weight is 328 g/mol. The van der Waals surface area contributed by atoms with E-state index >= 15 is 0 Å². The van der Waals surface area contributed by atoms with Crippen molar-refractivity contribution in [3.63, 3.8) is 0 Å². The molecule has 0 radical (unpaired) electrons. The van der Waals surface area contributed by atoms with Crippen molar-refractivity contribution in [2.24, 2.45) is 13.0 Å². The predicted octanol–water partition coefficient (Wildman–Crippen LogP) is 3.36. The van der Waals surface area contributed by atoms with Gasteiger partial charge in [-0.2, -0.15) is 5.10 Å². The van der Waals surface area contributed by atoms with Gasteiger partial charge in [0.05, 0.1) is 12.8 Å². The number of urea groups is 1. The average Bonchev–Trinajstić information content (AvgIpc) is 3.22. The molecule has 2 aromatic rings. The quantitative estimate of drug-likeness (QED) is 0.936. The molecule has 1 aliphatic heterocycles. The van der Waals surface area contributed by atoms with Gasteiger partial charge in [0.2, 0.25) is 0 Å². The van der Waals surface area contributed by atoms with Crippen molar-refractivity contribution in [2.45, 2.75) is 19.8 Å². The molecule has 2 amide bonds. The minimum Gasteiger partial charge on any atom is -0.497 e. The van der Waals surface area contributed by atoms with Crippen molar-refractivity contribution in [1.29, 1.82) is 0 Å². The first-order valence-electron chi connectivity index (χ1n) is 8.35. The normalized spacial score (nSPS) is 17.1. The number of methoxy groups -OCH3 is 1. The maximum absolute atomic E-state index is 12.4. The van der Waals surface area contributed by atoms with Gasteiger partial charge >= 0.3 is 6.03 Å². The third-order valence-corrected chi connectivity index (χ3v) is 4.63. The molecular formula is C18H24N4O2. The van der Waals surface area contributed by atoms with Gasteiger partial charge in [0.25, 0.3) is 0 Å². The standard InChI is InChI=1S/C18H24N4O2/c1-4-13-8-9-22(12-13)18(23)19-17-11-16(20-21(17)2)14-6-5-7-15(10-14)24-3/h5-7,10-11,13H,4,8-9,12H2,1-3H3,(H,19,23). The molecule has 1 aromatic heterocycles. The molecule has 24 heavy (non-hydrogen) atoms. The fraction of sp³-hybridized carbons (Fsp3) is 0.444. The number of aryl methyl sites for hydroxylation is 1. The number of rotatable bonds is 4. The van der Waals surface area contributed by atoms with E-state index in [4.69, 9.17) is 4.74 Å². The second-order valence-electron chi connectivity index (χ2n) is 6.21. The molecule has 1 aromatic carbocycles. The van der Waals surface area contributed by atoms with Gasteiger partial charge in [-0.3, -0.25) is 10.00 Å².